The van der Waals surface area contributed by atoms with Crippen LogP contribution in [0.1, 0.15) is 43.2 Å². The fraction of sp³-hybridized carbons (Fsp3) is 0.500. The van der Waals surface area contributed by atoms with E-state index in [4.69, 9.17) is 4.84 Å². The molecule has 0 radical (unpaired) electrons. The van der Waals surface area contributed by atoms with Gasteiger partial charge in [0.25, 0.3) is 11.8 Å². The van der Waals surface area contributed by atoms with E-state index >= 15 is 0 Å². The molecule has 27 heavy (non-hydrogen) atoms. The lowest BCUT2D eigenvalue weighted by atomic mass is 10.0. The summed E-state index contributed by atoms with van der Waals surface area (Å²) < 4.78 is 0. The Morgan fingerprint density at radius 2 is 1.67 bits per heavy atom. The van der Waals surface area contributed by atoms with Gasteiger partial charge in [-0.2, -0.15) is 0 Å². The number of nitrogens with zero attached hydrogens (tertiary/aromatic N) is 2. The van der Waals surface area contributed by atoms with Crippen molar-refractivity contribution >= 4 is 23.7 Å². The number of rotatable bonds is 4. The average molecular weight is 370 g/mol. The highest BCUT2D eigenvalue weighted by molar-refractivity contribution is 6.02. The van der Waals surface area contributed by atoms with Crippen molar-refractivity contribution in [3.63, 3.8) is 0 Å². The molecule has 0 aromatic heterocycles. The lowest BCUT2D eigenvalue weighted by Crippen LogP contribution is -2.45. The van der Waals surface area contributed by atoms with Crippen molar-refractivity contribution in [2.75, 3.05) is 6.54 Å². The van der Waals surface area contributed by atoms with Gasteiger partial charge in [0.2, 0.25) is 5.91 Å². The highest BCUT2D eigenvalue weighted by Gasteiger charge is 2.40. The Kier molecular flexibility index (Phi) is 4.68. The molecule has 7 nitrogen and oxygen atoms in total. The minimum Gasteiger partial charge on any atom is -0.329 e. The van der Waals surface area contributed by atoms with Crippen LogP contribution in [0, 0.1) is 5.92 Å². The molecule has 3 aliphatic rings. The molecule has 0 spiro atoms. The second-order valence-corrected chi connectivity index (χ2v) is 7.48. The third-order valence-electron chi connectivity index (χ3n) is 5.63. The summed E-state index contributed by atoms with van der Waals surface area (Å²) >= 11 is 0. The summed E-state index contributed by atoms with van der Waals surface area (Å²) in [7, 11) is 0. The van der Waals surface area contributed by atoms with Crippen LogP contribution in [-0.2, 0) is 36.9 Å². The first-order chi connectivity index (χ1) is 13.0. The molecular formula is C20H22N2O5. The predicted octanol–water partition coefficient (Wildman–Crippen LogP) is 1.39. The van der Waals surface area contributed by atoms with Crippen LogP contribution in [0.3, 0.4) is 0 Å². The van der Waals surface area contributed by atoms with E-state index in [-0.39, 0.29) is 24.7 Å². The number of likely N-dealkylation sites (tertiary alicyclic amines) is 1. The molecule has 2 fully saturated rings. The zero-order valence-corrected chi connectivity index (χ0v) is 15.1. The van der Waals surface area contributed by atoms with Crippen LogP contribution in [-0.4, -0.2) is 46.2 Å². The molecule has 2 aliphatic heterocycles. The Bertz CT molecular complexity index is 764. The van der Waals surface area contributed by atoms with E-state index in [0.717, 1.165) is 12.8 Å². The van der Waals surface area contributed by atoms with Crippen LogP contribution in [0.15, 0.2) is 24.3 Å². The molecule has 1 aromatic carbocycles. The summed E-state index contributed by atoms with van der Waals surface area (Å²) in [5.41, 5.74) is 2.58. The fourth-order valence-electron chi connectivity index (χ4n) is 4.28. The fourth-order valence-corrected chi connectivity index (χ4v) is 4.28. The zero-order chi connectivity index (χ0) is 19.0. The Morgan fingerprint density at radius 3 is 2.30 bits per heavy atom. The smallest absolute Gasteiger partial charge is 0.329 e. The van der Waals surface area contributed by atoms with Gasteiger partial charge in [-0.15, -0.1) is 5.06 Å². The highest BCUT2D eigenvalue weighted by Crippen LogP contribution is 2.30. The molecule has 0 N–H and O–H groups in total. The van der Waals surface area contributed by atoms with E-state index in [0.29, 0.717) is 30.9 Å². The molecule has 1 aliphatic carbocycles. The summed E-state index contributed by atoms with van der Waals surface area (Å²) in [6.07, 6.45) is 3.45. The SMILES string of the molecule is O=C(ON1C(=O)CCC1=O)[C@@H]1CCCN1C(=O)CC1Cc2ccccc2C1. The predicted molar refractivity (Wildman–Crippen MR) is 93.9 cm³/mol. The number of carbonyl (C=O) groups excluding carboxylic acids is 4. The van der Waals surface area contributed by atoms with Crippen molar-refractivity contribution in [3.8, 4) is 0 Å². The van der Waals surface area contributed by atoms with Gasteiger partial charge in [-0.1, -0.05) is 24.3 Å². The van der Waals surface area contributed by atoms with Gasteiger partial charge in [0.1, 0.15) is 6.04 Å². The minimum absolute atomic E-state index is 0.0572. The monoisotopic (exact) mass is 370 g/mol. The van der Waals surface area contributed by atoms with Crippen molar-refractivity contribution in [1.82, 2.24) is 9.96 Å². The highest BCUT2D eigenvalue weighted by atomic mass is 16.7. The third kappa shape index (κ3) is 3.46. The number of hydrogen-bond donors (Lipinski definition) is 0. The van der Waals surface area contributed by atoms with E-state index < -0.39 is 23.8 Å². The maximum absolute atomic E-state index is 12.8. The third-order valence-corrected chi connectivity index (χ3v) is 5.63. The van der Waals surface area contributed by atoms with E-state index in [9.17, 15) is 19.2 Å². The summed E-state index contributed by atoms with van der Waals surface area (Å²) in [6.45, 7) is 0.500. The van der Waals surface area contributed by atoms with Crippen molar-refractivity contribution < 1.29 is 24.0 Å². The van der Waals surface area contributed by atoms with Crippen LogP contribution < -0.4 is 0 Å². The lowest BCUT2D eigenvalue weighted by Gasteiger charge is -2.25. The molecule has 7 heteroatoms. The summed E-state index contributed by atoms with van der Waals surface area (Å²) in [5.74, 6) is -1.53. The van der Waals surface area contributed by atoms with Crippen LogP contribution in [0.4, 0.5) is 0 Å². The molecule has 142 valence electrons. The first-order valence-corrected chi connectivity index (χ1v) is 9.47. The van der Waals surface area contributed by atoms with Crippen LogP contribution in [0.25, 0.3) is 0 Å². The molecule has 2 heterocycles. The molecule has 1 atom stereocenters. The Balaban J connectivity index is 1.36. The molecule has 2 saturated heterocycles. The number of carbonyl (C=O) groups is 4. The molecule has 1 aromatic rings. The van der Waals surface area contributed by atoms with Crippen molar-refractivity contribution in [2.45, 2.75) is 51.0 Å². The Morgan fingerprint density at radius 1 is 1.04 bits per heavy atom. The standard InChI is InChI=1S/C20H22N2O5/c23-17-7-8-18(24)22(17)27-20(26)16-6-3-9-21(16)19(25)12-13-10-14-4-1-2-5-15(14)11-13/h1-2,4-5,13,16H,3,6-12H2/t16-/m0/s1. The number of amides is 3. The zero-order valence-electron chi connectivity index (χ0n) is 15.1. The topological polar surface area (TPSA) is 84.0 Å². The molecule has 0 saturated carbocycles. The first kappa shape index (κ1) is 17.7. The maximum Gasteiger partial charge on any atom is 0.355 e. The van der Waals surface area contributed by atoms with Crippen LogP contribution in [0.5, 0.6) is 0 Å². The van der Waals surface area contributed by atoms with Crippen LogP contribution in [0.2, 0.25) is 0 Å². The van der Waals surface area contributed by atoms with Crippen molar-refractivity contribution in [1.29, 1.82) is 0 Å². The number of fused-ring (bicyclic) bond motifs is 1. The van der Waals surface area contributed by atoms with Gasteiger partial charge in [-0.05, 0) is 42.7 Å². The normalized spacial score (nSPS) is 22.4. The molecular weight excluding hydrogens is 348 g/mol. The number of hydrogen-bond acceptors (Lipinski definition) is 5. The molecule has 4 rings (SSSR count). The van der Waals surface area contributed by atoms with E-state index in [2.05, 4.69) is 12.1 Å². The second kappa shape index (κ2) is 7.13. The van der Waals surface area contributed by atoms with Gasteiger partial charge in [0.15, 0.2) is 0 Å². The Hall–Kier alpha value is -2.70. The van der Waals surface area contributed by atoms with Gasteiger partial charge in [-0.25, -0.2) is 4.79 Å². The van der Waals surface area contributed by atoms with Crippen LogP contribution >= 0.6 is 0 Å². The number of hydroxylamine groups is 2. The largest absolute Gasteiger partial charge is 0.355 e. The number of imide groups is 1. The quantitative estimate of drug-likeness (QED) is 0.748. The maximum atomic E-state index is 12.8. The second-order valence-electron chi connectivity index (χ2n) is 7.48. The van der Waals surface area contributed by atoms with Gasteiger partial charge >= 0.3 is 5.97 Å². The molecule has 0 bridgehead atoms. The first-order valence-electron chi connectivity index (χ1n) is 9.47. The summed E-state index contributed by atoms with van der Waals surface area (Å²) in [4.78, 5) is 55.1. The van der Waals surface area contributed by atoms with Gasteiger partial charge in [-0.3, -0.25) is 14.4 Å². The van der Waals surface area contributed by atoms with Crippen molar-refractivity contribution in [2.24, 2.45) is 5.92 Å². The van der Waals surface area contributed by atoms with Gasteiger partial charge in [0.05, 0.1) is 0 Å². The van der Waals surface area contributed by atoms with E-state index in [1.807, 2.05) is 12.1 Å². The minimum atomic E-state index is -0.720. The average Bonchev–Trinajstić information content (AvgIpc) is 3.35. The lowest BCUT2D eigenvalue weighted by molar-refractivity contribution is -0.200. The van der Waals surface area contributed by atoms with Crippen molar-refractivity contribution in [3.05, 3.63) is 35.4 Å². The van der Waals surface area contributed by atoms with Gasteiger partial charge in [0, 0.05) is 25.8 Å². The molecule has 0 unspecified atom stereocenters. The molecule has 3 amide bonds. The van der Waals surface area contributed by atoms with E-state index in [1.54, 1.807) is 4.90 Å². The number of benzene rings is 1. The van der Waals surface area contributed by atoms with Gasteiger partial charge < -0.3 is 9.74 Å². The Labute approximate surface area is 157 Å². The van der Waals surface area contributed by atoms with E-state index in [1.165, 1.54) is 11.1 Å². The summed E-state index contributed by atoms with van der Waals surface area (Å²) in [6, 6.07) is 7.50. The summed E-state index contributed by atoms with van der Waals surface area (Å²) in [5, 5.41) is 0.552.